The van der Waals surface area contributed by atoms with Crippen LogP contribution in [0.3, 0.4) is 0 Å². The van der Waals surface area contributed by atoms with Gasteiger partial charge in [0.1, 0.15) is 0 Å². The van der Waals surface area contributed by atoms with Gasteiger partial charge in [-0.15, -0.1) is 0 Å². The summed E-state index contributed by atoms with van der Waals surface area (Å²) in [5, 5.41) is 2.58. The van der Waals surface area contributed by atoms with Gasteiger partial charge in [-0.2, -0.15) is 0 Å². The first kappa shape index (κ1) is 18.1. The molecule has 130 valence electrons. The van der Waals surface area contributed by atoms with Crippen molar-refractivity contribution in [3.63, 3.8) is 0 Å². The predicted molar refractivity (Wildman–Crippen MR) is 90.1 cm³/mol. The first-order chi connectivity index (χ1) is 11.9. The second-order valence-electron chi connectivity index (χ2n) is 5.44. The number of aromatic nitrogens is 2. The zero-order valence-electron chi connectivity index (χ0n) is 14.1. The van der Waals surface area contributed by atoms with Crippen molar-refractivity contribution < 1.29 is 19.1 Å². The summed E-state index contributed by atoms with van der Waals surface area (Å²) in [5.74, 6) is -1.36. The lowest BCUT2D eigenvalue weighted by Crippen LogP contribution is -2.22. The number of hydrogen-bond donors (Lipinski definition) is 1. The highest BCUT2D eigenvalue weighted by atomic mass is 16.5. The van der Waals surface area contributed by atoms with Crippen LogP contribution < -0.4 is 5.32 Å². The molecular weight excluding hydrogens is 324 g/mol. The van der Waals surface area contributed by atoms with E-state index in [1.165, 1.54) is 17.3 Å². The molecule has 2 rings (SSSR count). The van der Waals surface area contributed by atoms with Gasteiger partial charge in [-0.05, 0) is 31.2 Å². The van der Waals surface area contributed by atoms with Crippen molar-refractivity contribution >= 4 is 23.5 Å². The van der Waals surface area contributed by atoms with E-state index in [2.05, 4.69) is 15.3 Å². The van der Waals surface area contributed by atoms with Crippen LogP contribution in [-0.2, 0) is 9.53 Å². The van der Waals surface area contributed by atoms with Gasteiger partial charge in [-0.25, -0.2) is 9.78 Å². The van der Waals surface area contributed by atoms with Crippen molar-refractivity contribution in [2.75, 3.05) is 26.0 Å². The van der Waals surface area contributed by atoms with Gasteiger partial charge >= 0.3 is 5.97 Å². The molecule has 0 aliphatic heterocycles. The second-order valence-corrected chi connectivity index (χ2v) is 5.44. The van der Waals surface area contributed by atoms with Crippen molar-refractivity contribution in [3.8, 4) is 0 Å². The highest BCUT2D eigenvalue weighted by Crippen LogP contribution is 2.11. The Hall–Kier alpha value is -3.29. The zero-order valence-corrected chi connectivity index (χ0v) is 14.1. The van der Waals surface area contributed by atoms with Crippen molar-refractivity contribution in [1.29, 1.82) is 0 Å². The number of rotatable bonds is 5. The van der Waals surface area contributed by atoms with Crippen LogP contribution >= 0.6 is 0 Å². The van der Waals surface area contributed by atoms with Crippen LogP contribution in [0.25, 0.3) is 0 Å². The fraction of sp³-hybridized carbons (Fsp3) is 0.235. The molecule has 25 heavy (non-hydrogen) atoms. The van der Waals surface area contributed by atoms with E-state index in [4.69, 9.17) is 4.74 Å². The van der Waals surface area contributed by atoms with Gasteiger partial charge in [0.25, 0.3) is 11.8 Å². The van der Waals surface area contributed by atoms with E-state index in [9.17, 15) is 14.4 Å². The van der Waals surface area contributed by atoms with E-state index in [1.807, 2.05) is 0 Å². The normalized spacial score (nSPS) is 10.0. The molecule has 0 fully saturated rings. The quantitative estimate of drug-likeness (QED) is 0.822. The third-order valence-corrected chi connectivity index (χ3v) is 3.15. The molecule has 1 aromatic carbocycles. The molecule has 0 spiro atoms. The minimum atomic E-state index is -0.727. The van der Waals surface area contributed by atoms with E-state index < -0.39 is 18.5 Å². The Morgan fingerprint density at radius 2 is 1.76 bits per heavy atom. The monoisotopic (exact) mass is 342 g/mol. The van der Waals surface area contributed by atoms with Crippen molar-refractivity contribution in [2.24, 2.45) is 0 Å². The SMILES string of the molecule is Cc1cnc(C(=O)OCC(=O)Nc2ccc(C(=O)N(C)C)cc2)cn1. The smallest absolute Gasteiger partial charge is 0.359 e. The summed E-state index contributed by atoms with van der Waals surface area (Å²) in [7, 11) is 3.32. The van der Waals surface area contributed by atoms with Gasteiger partial charge < -0.3 is 15.0 Å². The van der Waals surface area contributed by atoms with Crippen LogP contribution in [0.5, 0.6) is 0 Å². The third-order valence-electron chi connectivity index (χ3n) is 3.15. The number of anilines is 1. The highest BCUT2D eigenvalue weighted by Gasteiger charge is 2.12. The van der Waals surface area contributed by atoms with Crippen molar-refractivity contribution in [2.45, 2.75) is 6.92 Å². The lowest BCUT2D eigenvalue weighted by molar-refractivity contribution is -0.119. The van der Waals surface area contributed by atoms with Crippen LogP contribution in [0, 0.1) is 6.92 Å². The summed E-state index contributed by atoms with van der Waals surface area (Å²) in [6, 6.07) is 6.40. The summed E-state index contributed by atoms with van der Waals surface area (Å²) < 4.78 is 4.88. The van der Waals surface area contributed by atoms with Crippen LogP contribution in [-0.4, -0.2) is 53.4 Å². The number of hydrogen-bond acceptors (Lipinski definition) is 6. The molecule has 2 amide bonds. The zero-order chi connectivity index (χ0) is 18.4. The Bertz CT molecular complexity index is 770. The molecule has 0 aliphatic rings. The average molecular weight is 342 g/mol. The maximum Gasteiger partial charge on any atom is 0.359 e. The molecular formula is C17H18N4O4. The number of esters is 1. The summed E-state index contributed by atoms with van der Waals surface area (Å²) in [5.41, 5.74) is 1.70. The Labute approximate surface area is 144 Å². The molecule has 8 heteroatoms. The van der Waals surface area contributed by atoms with Crippen molar-refractivity contribution in [1.82, 2.24) is 14.9 Å². The summed E-state index contributed by atoms with van der Waals surface area (Å²) in [6.45, 7) is 1.29. The fourth-order valence-corrected chi connectivity index (χ4v) is 1.85. The number of aryl methyl sites for hydroxylation is 1. The first-order valence-corrected chi connectivity index (χ1v) is 7.44. The number of benzene rings is 1. The number of ether oxygens (including phenoxy) is 1. The van der Waals surface area contributed by atoms with E-state index in [0.717, 1.165) is 0 Å². The van der Waals surface area contributed by atoms with E-state index in [0.29, 0.717) is 16.9 Å². The Morgan fingerprint density at radius 1 is 1.08 bits per heavy atom. The Kier molecular flexibility index (Phi) is 5.78. The molecule has 0 bridgehead atoms. The van der Waals surface area contributed by atoms with Crippen LogP contribution in [0.2, 0.25) is 0 Å². The van der Waals surface area contributed by atoms with E-state index >= 15 is 0 Å². The Morgan fingerprint density at radius 3 is 2.32 bits per heavy atom. The molecule has 0 atom stereocenters. The van der Waals surface area contributed by atoms with Gasteiger partial charge in [0.15, 0.2) is 12.3 Å². The topological polar surface area (TPSA) is 101 Å². The minimum absolute atomic E-state index is 0.0324. The summed E-state index contributed by atoms with van der Waals surface area (Å²) in [4.78, 5) is 44.6. The third kappa shape index (κ3) is 5.10. The molecule has 0 unspecified atom stereocenters. The standard InChI is InChI=1S/C17H18N4O4/c1-11-8-19-14(9-18-11)17(24)25-10-15(22)20-13-6-4-12(5-7-13)16(23)21(2)3/h4-9H,10H2,1-3H3,(H,20,22). The molecule has 1 N–H and O–H groups in total. The molecule has 2 aromatic rings. The van der Waals surface area contributed by atoms with E-state index in [-0.39, 0.29) is 11.6 Å². The number of nitrogens with one attached hydrogen (secondary N) is 1. The highest BCUT2D eigenvalue weighted by molar-refractivity contribution is 5.96. The number of amides is 2. The Balaban J connectivity index is 1.86. The van der Waals surface area contributed by atoms with Crippen LogP contribution in [0.4, 0.5) is 5.69 Å². The molecule has 1 aromatic heterocycles. The number of carbonyl (C=O) groups excluding carboxylic acids is 3. The van der Waals surface area contributed by atoms with Gasteiger partial charge in [-0.1, -0.05) is 0 Å². The van der Waals surface area contributed by atoms with Gasteiger partial charge in [0.2, 0.25) is 0 Å². The van der Waals surface area contributed by atoms with Crippen LogP contribution in [0.15, 0.2) is 36.7 Å². The summed E-state index contributed by atoms with van der Waals surface area (Å²) >= 11 is 0. The van der Waals surface area contributed by atoms with Gasteiger partial charge in [0, 0.05) is 31.5 Å². The second kappa shape index (κ2) is 8.00. The first-order valence-electron chi connectivity index (χ1n) is 7.44. The maximum atomic E-state index is 11.8. The van der Waals surface area contributed by atoms with Crippen LogP contribution in [0.1, 0.15) is 26.5 Å². The van der Waals surface area contributed by atoms with Gasteiger partial charge in [0.05, 0.1) is 11.9 Å². The number of carbonyl (C=O) groups is 3. The van der Waals surface area contributed by atoms with E-state index in [1.54, 1.807) is 45.3 Å². The maximum absolute atomic E-state index is 11.8. The molecule has 0 saturated heterocycles. The lowest BCUT2D eigenvalue weighted by Gasteiger charge is -2.11. The molecule has 0 radical (unpaired) electrons. The molecule has 0 aliphatic carbocycles. The number of nitrogens with zero attached hydrogens (tertiary/aromatic N) is 3. The molecule has 8 nitrogen and oxygen atoms in total. The summed E-state index contributed by atoms with van der Waals surface area (Å²) in [6.07, 6.45) is 2.73. The largest absolute Gasteiger partial charge is 0.451 e. The minimum Gasteiger partial charge on any atom is -0.451 e. The van der Waals surface area contributed by atoms with Gasteiger partial charge in [-0.3, -0.25) is 14.6 Å². The average Bonchev–Trinajstić information content (AvgIpc) is 2.60. The van der Waals surface area contributed by atoms with Crippen molar-refractivity contribution in [3.05, 3.63) is 53.6 Å². The lowest BCUT2D eigenvalue weighted by atomic mass is 10.2. The fourth-order valence-electron chi connectivity index (χ4n) is 1.85. The molecule has 0 saturated carbocycles. The predicted octanol–water partition coefficient (Wildman–Crippen LogP) is 1.28. The molecule has 1 heterocycles.